The molecule has 0 spiro atoms. The number of benzene rings is 2. The number of aromatic hydroxyl groups is 1. The second-order valence-electron chi connectivity index (χ2n) is 8.73. The summed E-state index contributed by atoms with van der Waals surface area (Å²) < 4.78 is 1.74. The minimum atomic E-state index is -0.0960. The zero-order valence-electron chi connectivity index (χ0n) is 19.9. The van der Waals surface area contributed by atoms with Gasteiger partial charge in [-0.15, -0.1) is 11.3 Å². The van der Waals surface area contributed by atoms with Gasteiger partial charge in [-0.1, -0.05) is 48.5 Å². The van der Waals surface area contributed by atoms with E-state index >= 15 is 0 Å². The molecule has 1 aliphatic rings. The van der Waals surface area contributed by atoms with E-state index in [1.807, 2.05) is 70.9 Å². The van der Waals surface area contributed by atoms with Crippen LogP contribution in [0.4, 0.5) is 5.82 Å². The summed E-state index contributed by atoms with van der Waals surface area (Å²) in [6, 6.07) is 24.6. The molecule has 5 aromatic rings. The predicted molar refractivity (Wildman–Crippen MR) is 144 cm³/mol. The fourth-order valence-corrected chi connectivity index (χ4v) is 5.24. The molecule has 8 nitrogen and oxygen atoms in total. The number of hydrogen-bond donors (Lipinski definition) is 1. The van der Waals surface area contributed by atoms with Gasteiger partial charge < -0.3 is 14.9 Å². The first-order valence-electron chi connectivity index (χ1n) is 12.0. The lowest BCUT2D eigenvalue weighted by atomic mass is 10.1. The van der Waals surface area contributed by atoms with Crippen LogP contribution in [0.1, 0.15) is 10.5 Å². The SMILES string of the molecule is O=C(c1cc(-c2ccccc2)n(-c2nc(-c3cccc(O)c3)cs2)n1)N1CCN(c2ccccn2)CC1. The Balaban J connectivity index is 1.29. The summed E-state index contributed by atoms with van der Waals surface area (Å²) in [5, 5.41) is 17.2. The molecule has 2 aromatic carbocycles. The van der Waals surface area contributed by atoms with Crippen LogP contribution in [0.2, 0.25) is 0 Å². The Bertz CT molecular complexity index is 1520. The molecule has 1 saturated heterocycles. The molecule has 1 N–H and O–H groups in total. The Morgan fingerprint density at radius 1 is 0.865 bits per heavy atom. The summed E-state index contributed by atoms with van der Waals surface area (Å²) in [6.07, 6.45) is 1.79. The molecule has 0 aliphatic carbocycles. The summed E-state index contributed by atoms with van der Waals surface area (Å²) >= 11 is 1.44. The molecule has 9 heteroatoms. The van der Waals surface area contributed by atoms with Crippen molar-refractivity contribution >= 4 is 23.1 Å². The van der Waals surface area contributed by atoms with Gasteiger partial charge in [-0.3, -0.25) is 4.79 Å². The van der Waals surface area contributed by atoms with Gasteiger partial charge in [0.25, 0.3) is 5.91 Å². The number of phenolic OH excluding ortho intramolecular Hbond substituents is 1. The second kappa shape index (κ2) is 9.87. The van der Waals surface area contributed by atoms with Crippen LogP contribution in [-0.4, -0.2) is 61.8 Å². The molecular weight excluding hydrogens is 484 g/mol. The van der Waals surface area contributed by atoms with Crippen LogP contribution in [0.15, 0.2) is 90.4 Å². The number of piperazine rings is 1. The van der Waals surface area contributed by atoms with Gasteiger partial charge in [-0.2, -0.15) is 5.10 Å². The van der Waals surface area contributed by atoms with Gasteiger partial charge in [0, 0.05) is 48.9 Å². The molecule has 1 fully saturated rings. The summed E-state index contributed by atoms with van der Waals surface area (Å²) in [5.41, 5.74) is 3.69. The topological polar surface area (TPSA) is 87.4 Å². The number of carbonyl (C=O) groups is 1. The highest BCUT2D eigenvalue weighted by atomic mass is 32.1. The maximum Gasteiger partial charge on any atom is 0.274 e. The molecule has 3 aromatic heterocycles. The number of aromatic nitrogens is 4. The van der Waals surface area contributed by atoms with Crippen LogP contribution in [0.5, 0.6) is 5.75 Å². The minimum Gasteiger partial charge on any atom is -0.508 e. The Labute approximate surface area is 218 Å². The van der Waals surface area contributed by atoms with Crippen molar-refractivity contribution < 1.29 is 9.90 Å². The minimum absolute atomic E-state index is 0.0960. The highest BCUT2D eigenvalue weighted by molar-refractivity contribution is 7.12. The van der Waals surface area contributed by atoms with E-state index in [4.69, 9.17) is 10.1 Å². The Kier molecular flexibility index (Phi) is 6.11. The lowest BCUT2D eigenvalue weighted by Gasteiger charge is -2.35. The van der Waals surface area contributed by atoms with Gasteiger partial charge in [0.15, 0.2) is 5.69 Å². The average Bonchev–Trinajstić information content (AvgIpc) is 3.62. The van der Waals surface area contributed by atoms with Gasteiger partial charge in [0.2, 0.25) is 5.13 Å². The molecule has 0 saturated carbocycles. The number of phenols is 1. The molecule has 1 aliphatic heterocycles. The second-order valence-corrected chi connectivity index (χ2v) is 9.56. The van der Waals surface area contributed by atoms with Crippen molar-refractivity contribution in [3.8, 4) is 33.4 Å². The van der Waals surface area contributed by atoms with E-state index in [2.05, 4.69) is 9.88 Å². The van der Waals surface area contributed by atoms with E-state index < -0.39 is 0 Å². The van der Waals surface area contributed by atoms with E-state index in [1.165, 1.54) is 11.3 Å². The predicted octanol–water partition coefficient (Wildman–Crippen LogP) is 4.73. The number of carbonyl (C=O) groups excluding carboxylic acids is 1. The number of thiazole rings is 1. The first kappa shape index (κ1) is 22.9. The Morgan fingerprint density at radius 3 is 2.41 bits per heavy atom. The summed E-state index contributed by atoms with van der Waals surface area (Å²) in [4.78, 5) is 26.7. The summed E-state index contributed by atoms with van der Waals surface area (Å²) in [7, 11) is 0. The van der Waals surface area contributed by atoms with Crippen molar-refractivity contribution in [3.63, 3.8) is 0 Å². The van der Waals surface area contributed by atoms with Gasteiger partial charge in [-0.25, -0.2) is 14.6 Å². The average molecular weight is 509 g/mol. The van der Waals surface area contributed by atoms with Crippen LogP contribution in [-0.2, 0) is 0 Å². The van der Waals surface area contributed by atoms with E-state index in [9.17, 15) is 9.90 Å². The normalized spacial score (nSPS) is 13.6. The number of hydrogen-bond acceptors (Lipinski definition) is 7. The lowest BCUT2D eigenvalue weighted by Crippen LogP contribution is -2.49. The number of rotatable bonds is 5. The van der Waals surface area contributed by atoms with E-state index in [-0.39, 0.29) is 11.7 Å². The van der Waals surface area contributed by atoms with Crippen LogP contribution >= 0.6 is 11.3 Å². The zero-order valence-corrected chi connectivity index (χ0v) is 20.8. The van der Waals surface area contributed by atoms with Crippen molar-refractivity contribution in [1.82, 2.24) is 24.6 Å². The number of anilines is 1. The number of nitrogens with zero attached hydrogens (tertiary/aromatic N) is 6. The van der Waals surface area contributed by atoms with Gasteiger partial charge in [0.05, 0.1) is 11.4 Å². The monoisotopic (exact) mass is 508 g/mol. The van der Waals surface area contributed by atoms with Crippen molar-refractivity contribution in [2.75, 3.05) is 31.1 Å². The maximum absolute atomic E-state index is 13.5. The fourth-order valence-electron chi connectivity index (χ4n) is 4.45. The maximum atomic E-state index is 13.5. The first-order valence-corrected chi connectivity index (χ1v) is 12.9. The lowest BCUT2D eigenvalue weighted by molar-refractivity contribution is 0.0740. The molecule has 0 radical (unpaired) electrons. The van der Waals surface area contributed by atoms with Crippen LogP contribution in [0, 0.1) is 0 Å². The largest absolute Gasteiger partial charge is 0.508 e. The van der Waals surface area contributed by atoms with Crippen molar-refractivity contribution in [2.24, 2.45) is 0 Å². The fraction of sp³-hybridized carbons (Fsp3) is 0.143. The van der Waals surface area contributed by atoms with Gasteiger partial charge >= 0.3 is 0 Å². The Hall–Kier alpha value is -4.50. The third kappa shape index (κ3) is 4.68. The van der Waals surface area contributed by atoms with Crippen LogP contribution in [0.3, 0.4) is 0 Å². The number of amides is 1. The highest BCUT2D eigenvalue weighted by Crippen LogP contribution is 2.30. The van der Waals surface area contributed by atoms with Gasteiger partial charge in [0.1, 0.15) is 11.6 Å². The third-order valence-electron chi connectivity index (χ3n) is 6.35. The molecule has 184 valence electrons. The van der Waals surface area contributed by atoms with Gasteiger partial charge in [-0.05, 0) is 30.3 Å². The zero-order chi connectivity index (χ0) is 25.2. The molecule has 0 atom stereocenters. The summed E-state index contributed by atoms with van der Waals surface area (Å²) in [6.45, 7) is 2.63. The molecule has 1 amide bonds. The molecule has 6 rings (SSSR count). The van der Waals surface area contributed by atoms with Crippen molar-refractivity contribution in [2.45, 2.75) is 0 Å². The third-order valence-corrected chi connectivity index (χ3v) is 7.17. The molecule has 0 bridgehead atoms. The highest BCUT2D eigenvalue weighted by Gasteiger charge is 2.26. The smallest absolute Gasteiger partial charge is 0.274 e. The molecule has 37 heavy (non-hydrogen) atoms. The van der Waals surface area contributed by atoms with E-state index in [0.717, 1.165) is 41.4 Å². The number of pyridine rings is 1. The molecule has 0 unspecified atom stereocenters. The summed E-state index contributed by atoms with van der Waals surface area (Å²) in [5.74, 6) is 1.02. The molecular formula is C28H24N6O2S. The Morgan fingerprint density at radius 2 is 1.65 bits per heavy atom. The van der Waals surface area contributed by atoms with Crippen molar-refractivity contribution in [1.29, 1.82) is 0 Å². The molecule has 4 heterocycles. The quantitative estimate of drug-likeness (QED) is 0.370. The van der Waals surface area contributed by atoms with Crippen LogP contribution in [0.25, 0.3) is 27.6 Å². The van der Waals surface area contributed by atoms with Crippen molar-refractivity contribution in [3.05, 3.63) is 96.1 Å². The van der Waals surface area contributed by atoms with E-state index in [0.29, 0.717) is 23.9 Å². The van der Waals surface area contributed by atoms with E-state index in [1.54, 1.807) is 29.1 Å². The standard InChI is InChI=1S/C28H24N6O2S/c35-22-10-6-9-21(17-22)24-19-37-28(30-24)34-25(20-7-2-1-3-8-20)18-23(31-34)27(36)33-15-13-32(14-16-33)26-11-4-5-12-29-26/h1-12,17-19,35H,13-16H2. The first-order chi connectivity index (χ1) is 18.2. The van der Waals surface area contributed by atoms with Crippen LogP contribution < -0.4 is 4.90 Å².